The van der Waals surface area contributed by atoms with Gasteiger partial charge in [-0.15, -0.1) is 0 Å². The average molecular weight is 306 g/mol. The Hall–Kier alpha value is -1.51. The van der Waals surface area contributed by atoms with Crippen molar-refractivity contribution in [1.29, 1.82) is 0 Å². The highest BCUT2D eigenvalue weighted by molar-refractivity contribution is 5.74. The van der Waals surface area contributed by atoms with Crippen LogP contribution in [-0.2, 0) is 9.53 Å². The standard InChI is InChI=1S/C19H30O3/c1-6-10-15(16-11-8-9-12-18(16)21-5)17(13-14(3)4)19(20)22-7-2/h8-9,11-12,14-15,17H,6-7,10,13H2,1-5H3. The molecular formula is C19H30O3. The molecule has 0 saturated heterocycles. The van der Waals surface area contributed by atoms with Crippen LogP contribution in [-0.4, -0.2) is 19.7 Å². The number of esters is 1. The normalized spacial score (nSPS) is 13.7. The molecule has 0 fully saturated rings. The van der Waals surface area contributed by atoms with E-state index in [9.17, 15) is 4.79 Å². The summed E-state index contributed by atoms with van der Waals surface area (Å²) in [5, 5.41) is 0. The fourth-order valence-electron chi connectivity index (χ4n) is 3.04. The number of hydrogen-bond acceptors (Lipinski definition) is 3. The quantitative estimate of drug-likeness (QED) is 0.614. The molecule has 0 amide bonds. The molecule has 0 heterocycles. The Labute approximate surface area is 135 Å². The number of carbonyl (C=O) groups excluding carboxylic acids is 1. The van der Waals surface area contributed by atoms with Gasteiger partial charge in [0.2, 0.25) is 0 Å². The predicted octanol–water partition coefficient (Wildman–Crippen LogP) is 4.80. The minimum Gasteiger partial charge on any atom is -0.496 e. The molecule has 0 spiro atoms. The van der Waals surface area contributed by atoms with Crippen molar-refractivity contribution in [2.45, 2.75) is 52.9 Å². The summed E-state index contributed by atoms with van der Waals surface area (Å²) in [7, 11) is 1.68. The zero-order valence-electron chi connectivity index (χ0n) is 14.6. The van der Waals surface area contributed by atoms with Gasteiger partial charge >= 0.3 is 5.97 Å². The Morgan fingerprint density at radius 3 is 2.41 bits per heavy atom. The summed E-state index contributed by atoms with van der Waals surface area (Å²) >= 11 is 0. The second-order valence-corrected chi connectivity index (χ2v) is 6.13. The third kappa shape index (κ3) is 5.04. The van der Waals surface area contributed by atoms with E-state index in [0.29, 0.717) is 12.5 Å². The van der Waals surface area contributed by atoms with Crippen LogP contribution in [0.1, 0.15) is 58.4 Å². The molecule has 0 N–H and O–H groups in total. The number of para-hydroxylation sites is 1. The largest absolute Gasteiger partial charge is 0.496 e. The van der Waals surface area contributed by atoms with Crippen molar-refractivity contribution >= 4 is 5.97 Å². The predicted molar refractivity (Wildman–Crippen MR) is 90.2 cm³/mol. The van der Waals surface area contributed by atoms with Gasteiger partial charge in [0.05, 0.1) is 19.6 Å². The molecule has 0 radical (unpaired) electrons. The molecular weight excluding hydrogens is 276 g/mol. The van der Waals surface area contributed by atoms with Gasteiger partial charge in [-0.2, -0.15) is 0 Å². The monoisotopic (exact) mass is 306 g/mol. The van der Waals surface area contributed by atoms with Gasteiger partial charge in [-0.05, 0) is 37.3 Å². The second kappa shape index (κ2) is 9.50. The smallest absolute Gasteiger partial charge is 0.309 e. The molecule has 0 saturated carbocycles. The maximum Gasteiger partial charge on any atom is 0.309 e. The lowest BCUT2D eigenvalue weighted by molar-refractivity contribution is -0.149. The minimum absolute atomic E-state index is 0.0828. The second-order valence-electron chi connectivity index (χ2n) is 6.13. The minimum atomic E-state index is -0.115. The molecule has 1 aromatic carbocycles. The SMILES string of the molecule is CCCC(c1ccccc1OC)C(CC(C)C)C(=O)OCC. The summed E-state index contributed by atoms with van der Waals surface area (Å²) in [6.07, 6.45) is 2.81. The molecule has 0 aromatic heterocycles. The number of ether oxygens (including phenoxy) is 2. The molecule has 0 aliphatic rings. The summed E-state index contributed by atoms with van der Waals surface area (Å²) in [6.45, 7) is 8.75. The zero-order chi connectivity index (χ0) is 16.5. The van der Waals surface area contributed by atoms with Crippen molar-refractivity contribution in [1.82, 2.24) is 0 Å². The lowest BCUT2D eigenvalue weighted by Gasteiger charge is -2.28. The molecule has 3 nitrogen and oxygen atoms in total. The Morgan fingerprint density at radius 1 is 1.18 bits per heavy atom. The highest BCUT2D eigenvalue weighted by Gasteiger charge is 2.32. The molecule has 3 heteroatoms. The van der Waals surface area contributed by atoms with Gasteiger partial charge in [-0.1, -0.05) is 45.4 Å². The van der Waals surface area contributed by atoms with Gasteiger partial charge in [0.15, 0.2) is 0 Å². The fourth-order valence-corrected chi connectivity index (χ4v) is 3.04. The first-order valence-corrected chi connectivity index (χ1v) is 8.34. The molecule has 0 bridgehead atoms. The van der Waals surface area contributed by atoms with Crippen molar-refractivity contribution in [2.75, 3.05) is 13.7 Å². The lowest BCUT2D eigenvalue weighted by Crippen LogP contribution is -2.26. The maximum absolute atomic E-state index is 12.5. The number of methoxy groups -OCH3 is 1. The van der Waals surface area contributed by atoms with Crippen LogP contribution in [0.4, 0.5) is 0 Å². The van der Waals surface area contributed by atoms with Crippen molar-refractivity contribution < 1.29 is 14.3 Å². The Kier molecular flexibility index (Phi) is 8.00. The van der Waals surface area contributed by atoms with Crippen molar-refractivity contribution in [3.8, 4) is 5.75 Å². The summed E-state index contributed by atoms with van der Waals surface area (Å²) < 4.78 is 10.9. The Balaban J connectivity index is 3.18. The number of rotatable bonds is 9. The highest BCUT2D eigenvalue weighted by atomic mass is 16.5. The summed E-state index contributed by atoms with van der Waals surface area (Å²) in [5.74, 6) is 1.25. The van der Waals surface area contributed by atoms with Crippen LogP contribution in [0.25, 0.3) is 0 Å². The maximum atomic E-state index is 12.5. The van der Waals surface area contributed by atoms with Crippen LogP contribution < -0.4 is 4.74 Å². The van der Waals surface area contributed by atoms with Crippen LogP contribution in [0, 0.1) is 11.8 Å². The van der Waals surface area contributed by atoms with Crippen LogP contribution in [0.15, 0.2) is 24.3 Å². The van der Waals surface area contributed by atoms with Crippen molar-refractivity contribution in [3.05, 3.63) is 29.8 Å². The third-order valence-corrected chi connectivity index (χ3v) is 3.94. The van der Waals surface area contributed by atoms with E-state index in [4.69, 9.17) is 9.47 Å². The average Bonchev–Trinajstić information content (AvgIpc) is 2.50. The highest BCUT2D eigenvalue weighted by Crippen LogP contribution is 2.38. The van der Waals surface area contributed by atoms with Crippen LogP contribution in [0.3, 0.4) is 0 Å². The Morgan fingerprint density at radius 2 is 1.86 bits per heavy atom. The van der Waals surface area contributed by atoms with Crippen molar-refractivity contribution in [3.63, 3.8) is 0 Å². The Bertz CT molecular complexity index is 454. The van der Waals surface area contributed by atoms with E-state index < -0.39 is 0 Å². The fraction of sp³-hybridized carbons (Fsp3) is 0.632. The summed E-state index contributed by atoms with van der Waals surface area (Å²) in [6, 6.07) is 8.02. The van der Waals surface area contributed by atoms with E-state index in [2.05, 4.69) is 26.8 Å². The van der Waals surface area contributed by atoms with E-state index in [1.807, 2.05) is 25.1 Å². The van der Waals surface area contributed by atoms with E-state index in [0.717, 1.165) is 30.6 Å². The lowest BCUT2D eigenvalue weighted by atomic mass is 9.78. The van der Waals surface area contributed by atoms with Gasteiger partial charge in [-0.25, -0.2) is 0 Å². The third-order valence-electron chi connectivity index (χ3n) is 3.94. The molecule has 1 rings (SSSR count). The first kappa shape index (κ1) is 18.5. The van der Waals surface area contributed by atoms with E-state index in [1.54, 1.807) is 7.11 Å². The van der Waals surface area contributed by atoms with Crippen LogP contribution in [0.5, 0.6) is 5.75 Å². The first-order chi connectivity index (χ1) is 10.5. The zero-order valence-corrected chi connectivity index (χ0v) is 14.6. The molecule has 2 atom stereocenters. The molecule has 124 valence electrons. The molecule has 0 aliphatic heterocycles. The van der Waals surface area contributed by atoms with Gasteiger partial charge in [0, 0.05) is 5.92 Å². The van der Waals surface area contributed by atoms with Crippen LogP contribution >= 0.6 is 0 Å². The number of carbonyl (C=O) groups is 1. The van der Waals surface area contributed by atoms with E-state index >= 15 is 0 Å². The van der Waals surface area contributed by atoms with Gasteiger partial charge < -0.3 is 9.47 Å². The van der Waals surface area contributed by atoms with Crippen LogP contribution in [0.2, 0.25) is 0 Å². The van der Waals surface area contributed by atoms with E-state index in [1.165, 1.54) is 0 Å². The van der Waals surface area contributed by atoms with Gasteiger partial charge in [0.1, 0.15) is 5.75 Å². The van der Waals surface area contributed by atoms with Gasteiger partial charge in [0.25, 0.3) is 0 Å². The van der Waals surface area contributed by atoms with Gasteiger partial charge in [-0.3, -0.25) is 4.79 Å². The number of hydrogen-bond donors (Lipinski definition) is 0. The summed E-state index contributed by atoms with van der Waals surface area (Å²) in [4.78, 5) is 12.5. The topological polar surface area (TPSA) is 35.5 Å². The molecule has 22 heavy (non-hydrogen) atoms. The molecule has 0 aliphatic carbocycles. The molecule has 2 unspecified atom stereocenters. The van der Waals surface area contributed by atoms with Crippen molar-refractivity contribution in [2.24, 2.45) is 11.8 Å². The van der Waals surface area contributed by atoms with E-state index in [-0.39, 0.29) is 17.8 Å². The number of benzene rings is 1. The summed E-state index contributed by atoms with van der Waals surface area (Å²) in [5.41, 5.74) is 1.12. The molecule has 1 aromatic rings. The first-order valence-electron chi connectivity index (χ1n) is 8.34.